The van der Waals surface area contributed by atoms with E-state index >= 15 is 0 Å². The maximum atomic E-state index is 12.8. The number of pyridine rings is 1. The average Bonchev–Trinajstić information content (AvgIpc) is 2.40. The minimum atomic E-state index is -1.03. The van der Waals surface area contributed by atoms with E-state index < -0.39 is 5.60 Å². The van der Waals surface area contributed by atoms with Gasteiger partial charge in [0.25, 0.3) is 0 Å². The van der Waals surface area contributed by atoms with Crippen LogP contribution in [0.15, 0.2) is 48.8 Å². The molecule has 0 aliphatic heterocycles. The highest BCUT2D eigenvalue weighted by atomic mass is 19.1. The van der Waals surface area contributed by atoms with Crippen molar-refractivity contribution in [3.8, 4) is 0 Å². The van der Waals surface area contributed by atoms with Crippen LogP contribution in [0.5, 0.6) is 0 Å². The summed E-state index contributed by atoms with van der Waals surface area (Å²) in [4.78, 5) is 3.95. The highest BCUT2D eigenvalue weighted by Gasteiger charge is 2.22. The van der Waals surface area contributed by atoms with E-state index in [1.165, 1.54) is 12.1 Å². The van der Waals surface area contributed by atoms with Crippen LogP contribution >= 0.6 is 0 Å². The molecule has 2 N–H and O–H groups in total. The second-order valence-corrected chi connectivity index (χ2v) is 4.74. The summed E-state index contributed by atoms with van der Waals surface area (Å²) >= 11 is 0. The van der Waals surface area contributed by atoms with Crippen LogP contribution in [0.1, 0.15) is 18.1 Å². The maximum absolute atomic E-state index is 12.8. The van der Waals surface area contributed by atoms with Gasteiger partial charge in [-0.15, -0.1) is 0 Å². The zero-order valence-corrected chi connectivity index (χ0v) is 10.8. The van der Waals surface area contributed by atoms with Gasteiger partial charge in [0.05, 0.1) is 5.60 Å². The number of aromatic nitrogens is 1. The lowest BCUT2D eigenvalue weighted by Gasteiger charge is -2.24. The minimum absolute atomic E-state index is 0.302. The summed E-state index contributed by atoms with van der Waals surface area (Å²) < 4.78 is 12.8. The van der Waals surface area contributed by atoms with Crippen molar-refractivity contribution < 1.29 is 9.50 Å². The Morgan fingerprint density at radius 1 is 1.16 bits per heavy atom. The van der Waals surface area contributed by atoms with Gasteiger partial charge < -0.3 is 10.4 Å². The summed E-state index contributed by atoms with van der Waals surface area (Å²) in [5, 5.41) is 13.5. The van der Waals surface area contributed by atoms with Crippen LogP contribution in [0, 0.1) is 5.82 Å². The van der Waals surface area contributed by atoms with E-state index in [4.69, 9.17) is 0 Å². The molecule has 2 rings (SSSR count). The molecule has 1 aromatic carbocycles. The maximum Gasteiger partial charge on any atom is 0.123 e. The van der Waals surface area contributed by atoms with E-state index in [1.54, 1.807) is 31.5 Å². The number of nitrogens with zero attached hydrogens (tertiary/aromatic N) is 1. The predicted molar refractivity (Wildman–Crippen MR) is 71.9 cm³/mol. The topological polar surface area (TPSA) is 45.1 Å². The fourth-order valence-electron chi connectivity index (χ4n) is 1.86. The third-order valence-electron chi connectivity index (χ3n) is 3.01. The first kappa shape index (κ1) is 13.6. The van der Waals surface area contributed by atoms with Crippen LogP contribution in [0.25, 0.3) is 0 Å². The highest BCUT2D eigenvalue weighted by molar-refractivity contribution is 5.22. The van der Waals surface area contributed by atoms with Crippen molar-refractivity contribution in [1.29, 1.82) is 0 Å². The van der Waals surface area contributed by atoms with Gasteiger partial charge in [0.15, 0.2) is 0 Å². The molecule has 0 aliphatic rings. The zero-order chi connectivity index (χ0) is 13.7. The van der Waals surface area contributed by atoms with E-state index in [9.17, 15) is 9.50 Å². The van der Waals surface area contributed by atoms with Crippen LogP contribution in [0.3, 0.4) is 0 Å². The molecule has 0 spiro atoms. The Morgan fingerprint density at radius 3 is 2.42 bits per heavy atom. The van der Waals surface area contributed by atoms with E-state index in [0.29, 0.717) is 18.7 Å². The van der Waals surface area contributed by atoms with Gasteiger partial charge in [-0.2, -0.15) is 0 Å². The van der Waals surface area contributed by atoms with Crippen molar-refractivity contribution in [2.75, 3.05) is 6.54 Å². The summed E-state index contributed by atoms with van der Waals surface area (Å²) in [7, 11) is 0. The largest absolute Gasteiger partial charge is 0.384 e. The Morgan fingerprint density at radius 2 is 1.79 bits per heavy atom. The summed E-state index contributed by atoms with van der Waals surface area (Å²) in [5.74, 6) is -0.302. The van der Waals surface area contributed by atoms with Gasteiger partial charge in [-0.1, -0.05) is 12.1 Å². The quantitative estimate of drug-likeness (QED) is 0.866. The molecule has 4 heteroatoms. The van der Waals surface area contributed by atoms with Gasteiger partial charge in [-0.25, -0.2) is 4.39 Å². The molecule has 1 atom stereocenters. The molecule has 0 saturated heterocycles. The molecule has 0 radical (unpaired) electrons. The molecule has 100 valence electrons. The standard InChI is InChI=1S/C15H17FN2O/c1-15(19,13-2-4-14(16)5-3-13)11-18-10-12-6-8-17-9-7-12/h2-9,18-19H,10-11H2,1H3. The first-order chi connectivity index (χ1) is 9.08. The molecule has 1 aromatic heterocycles. The smallest absolute Gasteiger partial charge is 0.123 e. The Bertz CT molecular complexity index is 511. The van der Waals surface area contributed by atoms with E-state index in [0.717, 1.165) is 5.56 Å². The van der Waals surface area contributed by atoms with Gasteiger partial charge >= 0.3 is 0 Å². The lowest BCUT2D eigenvalue weighted by molar-refractivity contribution is 0.0566. The second kappa shape index (κ2) is 5.91. The van der Waals surface area contributed by atoms with Crippen LogP contribution in [-0.4, -0.2) is 16.6 Å². The average molecular weight is 260 g/mol. The second-order valence-electron chi connectivity index (χ2n) is 4.74. The monoisotopic (exact) mass is 260 g/mol. The van der Waals surface area contributed by atoms with E-state index in [-0.39, 0.29) is 5.82 Å². The van der Waals surface area contributed by atoms with E-state index in [2.05, 4.69) is 10.3 Å². The summed E-state index contributed by atoms with van der Waals surface area (Å²) in [6.45, 7) is 2.75. The highest BCUT2D eigenvalue weighted by Crippen LogP contribution is 2.19. The molecule has 0 fully saturated rings. The van der Waals surface area contributed by atoms with Gasteiger partial charge in [0.1, 0.15) is 5.82 Å². The fraction of sp³-hybridized carbons (Fsp3) is 0.267. The number of benzene rings is 1. The Hall–Kier alpha value is -1.78. The minimum Gasteiger partial charge on any atom is -0.384 e. The first-order valence-corrected chi connectivity index (χ1v) is 6.16. The Labute approximate surface area is 112 Å². The zero-order valence-electron chi connectivity index (χ0n) is 10.8. The molecule has 2 aromatic rings. The van der Waals surface area contributed by atoms with Crippen LogP contribution in [-0.2, 0) is 12.1 Å². The molecule has 0 amide bonds. The Balaban J connectivity index is 1.92. The third kappa shape index (κ3) is 3.84. The van der Waals surface area contributed by atoms with Crippen molar-refractivity contribution in [3.05, 3.63) is 65.7 Å². The van der Waals surface area contributed by atoms with Gasteiger partial charge in [0.2, 0.25) is 0 Å². The van der Waals surface area contributed by atoms with Gasteiger partial charge in [-0.3, -0.25) is 4.98 Å². The van der Waals surface area contributed by atoms with Crippen molar-refractivity contribution in [3.63, 3.8) is 0 Å². The number of hydrogen-bond acceptors (Lipinski definition) is 3. The molecule has 19 heavy (non-hydrogen) atoms. The number of aliphatic hydroxyl groups is 1. The SMILES string of the molecule is CC(O)(CNCc1ccncc1)c1ccc(F)cc1. The summed E-state index contributed by atoms with van der Waals surface area (Å²) in [6.07, 6.45) is 3.46. The normalized spacial score (nSPS) is 14.1. The van der Waals surface area contributed by atoms with Crippen molar-refractivity contribution in [2.45, 2.75) is 19.1 Å². The van der Waals surface area contributed by atoms with Crippen LogP contribution in [0.4, 0.5) is 4.39 Å². The fourth-order valence-corrected chi connectivity index (χ4v) is 1.86. The molecule has 1 unspecified atom stereocenters. The summed E-state index contributed by atoms with van der Waals surface area (Å²) in [6, 6.07) is 9.74. The number of rotatable bonds is 5. The molecule has 1 heterocycles. The van der Waals surface area contributed by atoms with Gasteiger partial charge in [0, 0.05) is 25.5 Å². The Kier molecular flexibility index (Phi) is 4.24. The van der Waals surface area contributed by atoms with Crippen molar-refractivity contribution in [1.82, 2.24) is 10.3 Å². The molecule has 0 bridgehead atoms. The molecular weight excluding hydrogens is 243 g/mol. The van der Waals surface area contributed by atoms with E-state index in [1.807, 2.05) is 12.1 Å². The van der Waals surface area contributed by atoms with Crippen molar-refractivity contribution >= 4 is 0 Å². The van der Waals surface area contributed by atoms with Gasteiger partial charge in [-0.05, 0) is 42.3 Å². The summed E-state index contributed by atoms with van der Waals surface area (Å²) in [5.41, 5.74) is 0.766. The molecule has 0 aliphatic carbocycles. The lowest BCUT2D eigenvalue weighted by atomic mass is 9.96. The number of nitrogens with one attached hydrogen (secondary N) is 1. The van der Waals surface area contributed by atoms with Crippen LogP contribution < -0.4 is 5.32 Å². The van der Waals surface area contributed by atoms with Crippen molar-refractivity contribution in [2.24, 2.45) is 0 Å². The first-order valence-electron chi connectivity index (χ1n) is 6.16. The number of hydrogen-bond donors (Lipinski definition) is 2. The molecule has 3 nitrogen and oxygen atoms in total. The lowest BCUT2D eigenvalue weighted by Crippen LogP contribution is -2.35. The molecule has 0 saturated carbocycles. The third-order valence-corrected chi connectivity index (χ3v) is 3.01. The molecular formula is C15H17FN2O. The predicted octanol–water partition coefficient (Wildman–Crippen LogP) is 2.22. The van der Waals surface area contributed by atoms with Crippen LogP contribution in [0.2, 0.25) is 0 Å². The number of halogens is 1.